The number of carbonyl (C=O) groups excluding carboxylic acids is 1. The molecule has 0 radical (unpaired) electrons. The third-order valence-electron chi connectivity index (χ3n) is 3.64. The van der Waals surface area contributed by atoms with Crippen molar-refractivity contribution in [3.05, 3.63) is 75.3 Å². The number of halogens is 2. The zero-order valence-electron chi connectivity index (χ0n) is 12.8. The summed E-state index contributed by atoms with van der Waals surface area (Å²) in [6.45, 7) is 1.99. The molecule has 0 unspecified atom stereocenters. The zero-order valence-corrected chi connectivity index (χ0v) is 14.3. The smallest absolute Gasteiger partial charge is 0.196 e. The largest absolute Gasteiger partial charge is 0.324 e. The maximum absolute atomic E-state index is 13.0. The van der Waals surface area contributed by atoms with Crippen LogP contribution in [0.1, 0.15) is 27.6 Å². The number of ketones is 1. The Morgan fingerprint density at radius 3 is 2.58 bits per heavy atom. The van der Waals surface area contributed by atoms with Gasteiger partial charge in [-0.3, -0.25) is 9.36 Å². The lowest BCUT2D eigenvalue weighted by Gasteiger charge is -2.14. The second-order valence-electron chi connectivity index (χ2n) is 5.17. The van der Waals surface area contributed by atoms with Crippen molar-refractivity contribution < 1.29 is 4.79 Å². The molecule has 0 aliphatic heterocycles. The number of rotatable bonds is 4. The van der Waals surface area contributed by atoms with Gasteiger partial charge in [-0.2, -0.15) is 0 Å². The van der Waals surface area contributed by atoms with E-state index in [0.29, 0.717) is 38.5 Å². The SMILES string of the molecule is Cc1nnc(CN)n1-c1ccc(Cl)cc1C(=O)c1ccccc1Cl. The quantitative estimate of drug-likeness (QED) is 0.721. The normalized spacial score (nSPS) is 10.8. The molecule has 1 heterocycles. The van der Waals surface area contributed by atoms with Gasteiger partial charge in [-0.05, 0) is 37.3 Å². The summed E-state index contributed by atoms with van der Waals surface area (Å²) in [5.41, 5.74) is 7.17. The van der Waals surface area contributed by atoms with E-state index in [4.69, 9.17) is 28.9 Å². The van der Waals surface area contributed by atoms with Gasteiger partial charge in [0.05, 0.1) is 17.3 Å². The topological polar surface area (TPSA) is 73.8 Å². The molecule has 0 saturated heterocycles. The molecule has 2 aromatic carbocycles. The van der Waals surface area contributed by atoms with Crippen molar-refractivity contribution in [1.82, 2.24) is 14.8 Å². The summed E-state index contributed by atoms with van der Waals surface area (Å²) in [5.74, 6) is 0.961. The summed E-state index contributed by atoms with van der Waals surface area (Å²) in [6.07, 6.45) is 0. The van der Waals surface area contributed by atoms with Crippen molar-refractivity contribution >= 4 is 29.0 Å². The fraction of sp³-hybridized carbons (Fsp3) is 0.118. The summed E-state index contributed by atoms with van der Waals surface area (Å²) in [4.78, 5) is 13.0. The molecule has 7 heteroatoms. The van der Waals surface area contributed by atoms with E-state index in [-0.39, 0.29) is 12.3 Å². The van der Waals surface area contributed by atoms with Crippen molar-refractivity contribution in [1.29, 1.82) is 0 Å². The Labute approximate surface area is 149 Å². The molecule has 0 amide bonds. The molecule has 0 aliphatic rings. The third kappa shape index (κ3) is 2.94. The van der Waals surface area contributed by atoms with Gasteiger partial charge < -0.3 is 5.73 Å². The maximum atomic E-state index is 13.0. The minimum absolute atomic E-state index is 0.198. The molecule has 5 nitrogen and oxygen atoms in total. The highest BCUT2D eigenvalue weighted by Crippen LogP contribution is 2.27. The van der Waals surface area contributed by atoms with E-state index in [9.17, 15) is 4.79 Å². The van der Waals surface area contributed by atoms with E-state index in [1.165, 1.54) is 0 Å². The fourth-order valence-electron chi connectivity index (χ4n) is 2.53. The minimum atomic E-state index is -0.228. The molecular weight excluding hydrogens is 347 g/mol. The highest BCUT2D eigenvalue weighted by Gasteiger charge is 2.20. The van der Waals surface area contributed by atoms with Crippen LogP contribution in [0.3, 0.4) is 0 Å². The van der Waals surface area contributed by atoms with Gasteiger partial charge in [-0.25, -0.2) is 0 Å². The monoisotopic (exact) mass is 360 g/mol. The lowest BCUT2D eigenvalue weighted by Crippen LogP contribution is -2.13. The van der Waals surface area contributed by atoms with E-state index in [0.717, 1.165) is 0 Å². The minimum Gasteiger partial charge on any atom is -0.324 e. The molecule has 24 heavy (non-hydrogen) atoms. The zero-order chi connectivity index (χ0) is 17.3. The molecule has 0 spiro atoms. The Balaban J connectivity index is 2.22. The molecule has 1 aromatic heterocycles. The van der Waals surface area contributed by atoms with E-state index >= 15 is 0 Å². The van der Waals surface area contributed by atoms with Crippen LogP contribution in [0.2, 0.25) is 10.0 Å². The summed E-state index contributed by atoms with van der Waals surface area (Å²) >= 11 is 12.3. The molecule has 2 N–H and O–H groups in total. The summed E-state index contributed by atoms with van der Waals surface area (Å²) in [6, 6.07) is 12.0. The van der Waals surface area contributed by atoms with Crippen LogP contribution >= 0.6 is 23.2 Å². The standard InChI is InChI=1S/C17H14Cl2N4O/c1-10-21-22-16(9-20)23(10)15-7-6-11(18)8-13(15)17(24)12-4-2-3-5-14(12)19/h2-8H,9,20H2,1H3. The van der Waals surface area contributed by atoms with E-state index in [1.54, 1.807) is 54.0 Å². The van der Waals surface area contributed by atoms with Gasteiger partial charge in [-0.1, -0.05) is 35.3 Å². The third-order valence-corrected chi connectivity index (χ3v) is 4.20. The predicted octanol–water partition coefficient (Wildman–Crippen LogP) is 3.57. The van der Waals surface area contributed by atoms with Crippen molar-refractivity contribution in [3.8, 4) is 5.69 Å². The Kier molecular flexibility index (Phi) is 4.66. The Morgan fingerprint density at radius 1 is 1.12 bits per heavy atom. The van der Waals surface area contributed by atoms with Gasteiger partial charge in [0, 0.05) is 16.1 Å². The van der Waals surface area contributed by atoms with Gasteiger partial charge in [0.25, 0.3) is 0 Å². The van der Waals surface area contributed by atoms with Crippen LogP contribution in [0.15, 0.2) is 42.5 Å². The highest BCUT2D eigenvalue weighted by atomic mass is 35.5. The molecule has 0 atom stereocenters. The number of aryl methyl sites for hydroxylation is 1. The van der Waals surface area contributed by atoms with Gasteiger partial charge in [0.1, 0.15) is 5.82 Å². The summed E-state index contributed by atoms with van der Waals surface area (Å²) in [5, 5.41) is 8.92. The number of benzene rings is 2. The van der Waals surface area contributed by atoms with Crippen LogP contribution in [0, 0.1) is 6.92 Å². The Morgan fingerprint density at radius 2 is 1.88 bits per heavy atom. The maximum Gasteiger partial charge on any atom is 0.196 e. The molecule has 0 bridgehead atoms. The summed E-state index contributed by atoms with van der Waals surface area (Å²) < 4.78 is 1.75. The van der Waals surface area contributed by atoms with Crippen molar-refractivity contribution in [2.24, 2.45) is 5.73 Å². The van der Waals surface area contributed by atoms with E-state index < -0.39 is 0 Å². The van der Waals surface area contributed by atoms with E-state index in [2.05, 4.69) is 10.2 Å². The van der Waals surface area contributed by atoms with Crippen molar-refractivity contribution in [2.45, 2.75) is 13.5 Å². The van der Waals surface area contributed by atoms with Crippen LogP contribution in [0.5, 0.6) is 0 Å². The molecular formula is C17H14Cl2N4O. The lowest BCUT2D eigenvalue weighted by molar-refractivity contribution is 0.103. The highest BCUT2D eigenvalue weighted by molar-refractivity contribution is 6.35. The van der Waals surface area contributed by atoms with Gasteiger partial charge in [0.15, 0.2) is 11.6 Å². The lowest BCUT2D eigenvalue weighted by atomic mass is 10.0. The van der Waals surface area contributed by atoms with E-state index in [1.807, 2.05) is 0 Å². The second kappa shape index (κ2) is 6.73. The average Bonchev–Trinajstić information content (AvgIpc) is 2.95. The Hall–Kier alpha value is -2.21. The molecule has 0 aliphatic carbocycles. The van der Waals surface area contributed by atoms with Crippen molar-refractivity contribution in [2.75, 3.05) is 0 Å². The molecule has 3 rings (SSSR count). The molecule has 0 saturated carbocycles. The van der Waals surface area contributed by atoms with Gasteiger partial charge in [-0.15, -0.1) is 10.2 Å². The van der Waals surface area contributed by atoms with Crippen LogP contribution in [0.4, 0.5) is 0 Å². The average molecular weight is 361 g/mol. The number of aromatic nitrogens is 3. The predicted molar refractivity (Wildman–Crippen MR) is 93.9 cm³/mol. The van der Waals surface area contributed by atoms with Crippen LogP contribution in [-0.2, 0) is 6.54 Å². The second-order valence-corrected chi connectivity index (χ2v) is 6.02. The number of nitrogens with zero attached hydrogens (tertiary/aromatic N) is 3. The number of hydrogen-bond donors (Lipinski definition) is 1. The molecule has 122 valence electrons. The number of carbonyl (C=O) groups is 1. The fourth-order valence-corrected chi connectivity index (χ4v) is 2.92. The first-order valence-corrected chi connectivity index (χ1v) is 7.98. The Bertz CT molecular complexity index is 921. The van der Waals surface area contributed by atoms with Crippen molar-refractivity contribution in [3.63, 3.8) is 0 Å². The van der Waals surface area contributed by atoms with Crippen LogP contribution < -0.4 is 5.73 Å². The number of hydrogen-bond acceptors (Lipinski definition) is 4. The molecule has 0 fully saturated rings. The van der Waals surface area contributed by atoms with Crippen LogP contribution in [-0.4, -0.2) is 20.5 Å². The first kappa shape index (κ1) is 16.6. The van der Waals surface area contributed by atoms with Gasteiger partial charge >= 0.3 is 0 Å². The first-order chi connectivity index (χ1) is 11.5. The van der Waals surface area contributed by atoms with Gasteiger partial charge in [0.2, 0.25) is 0 Å². The summed E-state index contributed by atoms with van der Waals surface area (Å²) in [7, 11) is 0. The number of nitrogens with two attached hydrogens (primary N) is 1. The molecule has 3 aromatic rings. The first-order valence-electron chi connectivity index (χ1n) is 7.23. The van der Waals surface area contributed by atoms with Crippen LogP contribution in [0.25, 0.3) is 5.69 Å².